The molecule has 0 saturated heterocycles. The number of anilines is 1. The van der Waals surface area contributed by atoms with Crippen LogP contribution in [-0.4, -0.2) is 33.5 Å². The van der Waals surface area contributed by atoms with Gasteiger partial charge in [-0.15, -0.1) is 11.3 Å². The van der Waals surface area contributed by atoms with Gasteiger partial charge in [-0.1, -0.05) is 23.7 Å². The number of aliphatic carboxylic acids is 1. The second-order valence-corrected chi connectivity index (χ2v) is 9.56. The molecule has 2 heterocycles. The van der Waals surface area contributed by atoms with Crippen molar-refractivity contribution in [3.8, 4) is 5.69 Å². The molecule has 0 spiro atoms. The van der Waals surface area contributed by atoms with Gasteiger partial charge in [0.15, 0.2) is 0 Å². The summed E-state index contributed by atoms with van der Waals surface area (Å²) in [7, 11) is 1.52. The smallest absolute Gasteiger partial charge is 0.333 e. The van der Waals surface area contributed by atoms with E-state index in [1.54, 1.807) is 24.3 Å². The number of Topliss-reactive ketones (excluding diaryl/α,β-unsaturated/α-hetero) is 1. The van der Waals surface area contributed by atoms with E-state index in [0.717, 1.165) is 22.0 Å². The highest BCUT2D eigenvalue weighted by Gasteiger charge is 2.25. The molecule has 35 heavy (non-hydrogen) atoms. The van der Waals surface area contributed by atoms with E-state index in [1.165, 1.54) is 25.2 Å². The molecule has 0 saturated carbocycles. The lowest BCUT2D eigenvalue weighted by molar-refractivity contribution is -0.140. The van der Waals surface area contributed by atoms with E-state index in [9.17, 15) is 28.7 Å². The zero-order valence-electron chi connectivity index (χ0n) is 18.3. The van der Waals surface area contributed by atoms with Gasteiger partial charge in [-0.25, -0.2) is 13.8 Å². The highest BCUT2D eigenvalue weighted by Crippen LogP contribution is 2.31. The van der Waals surface area contributed by atoms with Crippen LogP contribution in [0.15, 0.2) is 58.1 Å². The molecule has 11 heteroatoms. The third-order valence-electron chi connectivity index (χ3n) is 5.52. The van der Waals surface area contributed by atoms with E-state index in [4.69, 9.17) is 11.6 Å². The Morgan fingerprint density at radius 3 is 2.49 bits per heavy atom. The molecule has 2 aromatic carbocycles. The summed E-state index contributed by atoms with van der Waals surface area (Å²) in [4.78, 5) is 52.8. The zero-order valence-corrected chi connectivity index (χ0v) is 19.9. The number of ketones is 1. The van der Waals surface area contributed by atoms with Crippen molar-refractivity contribution in [2.75, 3.05) is 12.4 Å². The number of carbonyl (C=O) groups excluding carboxylic acids is 1. The van der Waals surface area contributed by atoms with E-state index >= 15 is 0 Å². The van der Waals surface area contributed by atoms with Crippen LogP contribution in [-0.2, 0) is 16.0 Å². The fraction of sp³-hybridized carbons (Fsp3) is 0.167. The predicted molar refractivity (Wildman–Crippen MR) is 133 cm³/mol. The summed E-state index contributed by atoms with van der Waals surface area (Å²) in [5.41, 5.74) is -0.214. The maximum absolute atomic E-state index is 14.2. The van der Waals surface area contributed by atoms with Crippen molar-refractivity contribution >= 4 is 51.3 Å². The molecular weight excluding hydrogens is 497 g/mol. The second-order valence-electron chi connectivity index (χ2n) is 7.82. The number of carbonyl (C=O) groups is 2. The number of hydrogen-bond acceptors (Lipinski definition) is 6. The first-order chi connectivity index (χ1) is 16.7. The number of nitrogens with one attached hydrogen (secondary N) is 2. The second kappa shape index (κ2) is 9.85. The third kappa shape index (κ3) is 5.03. The van der Waals surface area contributed by atoms with Crippen LogP contribution in [0.4, 0.5) is 10.1 Å². The van der Waals surface area contributed by atoms with Gasteiger partial charge in [0, 0.05) is 24.8 Å². The van der Waals surface area contributed by atoms with Crippen molar-refractivity contribution < 1.29 is 19.1 Å². The summed E-state index contributed by atoms with van der Waals surface area (Å²) in [6, 6.07) is 11.7. The van der Waals surface area contributed by atoms with Crippen molar-refractivity contribution in [1.82, 2.24) is 9.55 Å². The number of carboxylic acid groups (broad SMARTS) is 1. The molecule has 4 aromatic rings. The van der Waals surface area contributed by atoms with Crippen molar-refractivity contribution in [2.24, 2.45) is 0 Å². The van der Waals surface area contributed by atoms with E-state index < -0.39 is 29.0 Å². The average molecular weight is 516 g/mol. The maximum atomic E-state index is 14.2. The van der Waals surface area contributed by atoms with Crippen LogP contribution in [0.3, 0.4) is 0 Å². The summed E-state index contributed by atoms with van der Waals surface area (Å²) in [6.45, 7) is 0. The fourth-order valence-electron chi connectivity index (χ4n) is 3.78. The molecule has 0 amide bonds. The lowest BCUT2D eigenvalue weighted by Gasteiger charge is -2.11. The number of carboxylic acids is 1. The van der Waals surface area contributed by atoms with E-state index in [0.29, 0.717) is 14.8 Å². The number of hydrogen-bond donors (Lipinski definition) is 3. The summed E-state index contributed by atoms with van der Waals surface area (Å²) >= 11 is 7.01. The van der Waals surface area contributed by atoms with Crippen molar-refractivity contribution in [3.05, 3.63) is 90.0 Å². The molecule has 3 N–H and O–H groups in total. The quantitative estimate of drug-likeness (QED) is 0.327. The molecule has 1 atom stereocenters. The fourth-order valence-corrected chi connectivity index (χ4v) is 4.93. The number of halogens is 2. The molecule has 4 rings (SSSR count). The topological polar surface area (TPSA) is 121 Å². The van der Waals surface area contributed by atoms with Crippen LogP contribution in [0, 0.1) is 5.82 Å². The van der Waals surface area contributed by atoms with Gasteiger partial charge in [0.2, 0.25) is 0 Å². The first kappa shape index (κ1) is 24.4. The Hall–Kier alpha value is -3.76. The van der Waals surface area contributed by atoms with Crippen molar-refractivity contribution in [1.29, 1.82) is 0 Å². The van der Waals surface area contributed by atoms with Gasteiger partial charge in [-0.3, -0.25) is 14.4 Å². The van der Waals surface area contributed by atoms with Crippen LogP contribution in [0.5, 0.6) is 0 Å². The monoisotopic (exact) mass is 515 g/mol. The molecule has 2 aromatic heterocycles. The van der Waals surface area contributed by atoms with Gasteiger partial charge in [0.05, 0.1) is 32.5 Å². The molecule has 0 aliphatic heterocycles. The van der Waals surface area contributed by atoms with E-state index in [-0.39, 0.29) is 40.9 Å². The Labute approximate surface area is 206 Å². The van der Waals surface area contributed by atoms with E-state index in [1.807, 2.05) is 0 Å². The summed E-state index contributed by atoms with van der Waals surface area (Å²) < 4.78 is 15.5. The largest absolute Gasteiger partial charge is 0.481 e. The molecule has 0 aliphatic rings. The molecule has 180 valence electrons. The van der Waals surface area contributed by atoms with Crippen molar-refractivity contribution in [3.63, 3.8) is 0 Å². The van der Waals surface area contributed by atoms with E-state index in [2.05, 4.69) is 10.3 Å². The first-order valence-electron chi connectivity index (χ1n) is 10.4. The Bertz CT molecular complexity index is 1560. The van der Waals surface area contributed by atoms with Gasteiger partial charge >= 0.3 is 11.7 Å². The first-order valence-corrected chi connectivity index (χ1v) is 11.6. The van der Waals surface area contributed by atoms with Gasteiger partial charge in [-0.05, 0) is 42.0 Å². The van der Waals surface area contributed by atoms with Crippen LogP contribution in [0.25, 0.3) is 16.6 Å². The number of benzene rings is 2. The Morgan fingerprint density at radius 2 is 1.89 bits per heavy atom. The lowest BCUT2D eigenvalue weighted by Crippen LogP contribution is -2.33. The molecule has 0 bridgehead atoms. The third-order valence-corrected chi connectivity index (χ3v) is 6.86. The Morgan fingerprint density at radius 1 is 1.17 bits per heavy atom. The Balaban J connectivity index is 1.57. The van der Waals surface area contributed by atoms with Gasteiger partial charge in [-0.2, -0.15) is 0 Å². The maximum Gasteiger partial charge on any atom is 0.333 e. The molecule has 8 nitrogen and oxygen atoms in total. The number of thiophene rings is 1. The summed E-state index contributed by atoms with van der Waals surface area (Å²) in [6.07, 6.45) is -0.220. The minimum absolute atomic E-state index is 0.00810. The number of aromatic nitrogens is 2. The van der Waals surface area contributed by atoms with Crippen LogP contribution in [0.2, 0.25) is 4.34 Å². The number of nitrogens with zero attached hydrogens (tertiary/aromatic N) is 1. The highest BCUT2D eigenvalue weighted by atomic mass is 35.5. The number of fused-ring (bicyclic) bond motifs is 1. The molecule has 0 aliphatic carbocycles. The van der Waals surface area contributed by atoms with Crippen LogP contribution < -0.4 is 16.6 Å². The molecule has 1 unspecified atom stereocenters. The normalized spacial score (nSPS) is 12.0. The standard InChI is InChI=1S/C24H19ClFN3O5S/c1-27-19-11-18-15(10-17(19)26)22(31)29(24(34)28-18)13-4-2-12(3-5-13)8-14(30)9-16(23(32)33)20-6-7-21(25)35-20/h2-7,10-11,16,27H,8-9H2,1H3,(H,28,34)(H,32,33). The molecular formula is C24H19ClFN3O5S. The highest BCUT2D eigenvalue weighted by molar-refractivity contribution is 7.16. The minimum atomic E-state index is -1.11. The Kier molecular flexibility index (Phi) is 6.86. The number of H-pyrrole nitrogens is 1. The van der Waals surface area contributed by atoms with Gasteiger partial charge in [0.25, 0.3) is 5.56 Å². The van der Waals surface area contributed by atoms with Crippen LogP contribution in [0.1, 0.15) is 22.8 Å². The van der Waals surface area contributed by atoms with Crippen LogP contribution >= 0.6 is 22.9 Å². The lowest BCUT2D eigenvalue weighted by atomic mass is 9.97. The average Bonchev–Trinajstić information content (AvgIpc) is 3.24. The molecule has 0 fully saturated rings. The van der Waals surface area contributed by atoms with Gasteiger partial charge in [0.1, 0.15) is 11.6 Å². The molecule has 0 radical (unpaired) electrons. The SMILES string of the molecule is CNc1cc2[nH]c(=O)n(-c3ccc(CC(=O)CC(C(=O)O)c4ccc(Cl)s4)cc3)c(=O)c2cc1F. The summed E-state index contributed by atoms with van der Waals surface area (Å²) in [5.74, 6) is -3.02. The number of aromatic amines is 1. The van der Waals surface area contributed by atoms with Gasteiger partial charge < -0.3 is 15.4 Å². The zero-order chi connectivity index (χ0) is 25.3. The summed E-state index contributed by atoms with van der Waals surface area (Å²) in [5, 5.41) is 12.2. The van der Waals surface area contributed by atoms with Crippen molar-refractivity contribution in [2.45, 2.75) is 18.8 Å². The minimum Gasteiger partial charge on any atom is -0.481 e. The predicted octanol–water partition coefficient (Wildman–Crippen LogP) is 3.94. The number of rotatable bonds is 8.